The van der Waals surface area contributed by atoms with Gasteiger partial charge in [0.25, 0.3) is 0 Å². The molecule has 0 amide bonds. The molecule has 3 spiro atoms. The zero-order valence-electron chi connectivity index (χ0n) is 21.5. The van der Waals surface area contributed by atoms with Gasteiger partial charge in [0, 0.05) is 36.3 Å². The van der Waals surface area contributed by atoms with Crippen molar-refractivity contribution in [3.63, 3.8) is 0 Å². The molecule has 8 fully saturated rings. The van der Waals surface area contributed by atoms with Crippen molar-refractivity contribution in [2.75, 3.05) is 13.6 Å². The largest absolute Gasteiger partial charge is 0.369 e. The Balaban J connectivity index is 1.11. The maximum atomic E-state index is 12.6. The number of likely N-dealkylation sites (N-methyl/N-ethyl adjacent to an activating group) is 1. The summed E-state index contributed by atoms with van der Waals surface area (Å²) in [5, 5.41) is 0. The summed E-state index contributed by atoms with van der Waals surface area (Å²) in [6.45, 7) is 8.93. The van der Waals surface area contributed by atoms with Gasteiger partial charge < -0.3 is 9.64 Å². The van der Waals surface area contributed by atoms with Gasteiger partial charge in [-0.3, -0.25) is 4.79 Å². The summed E-state index contributed by atoms with van der Waals surface area (Å²) in [4.78, 5) is 15.3. The van der Waals surface area contributed by atoms with Gasteiger partial charge in [0.2, 0.25) is 0 Å². The number of rotatable bonds is 2. The van der Waals surface area contributed by atoms with E-state index in [2.05, 4.69) is 32.7 Å². The average molecular weight is 452 g/mol. The number of carbonyl (C=O) groups is 1. The lowest BCUT2D eigenvalue weighted by Gasteiger charge is -2.62. The molecule has 4 unspecified atom stereocenters. The smallest absolute Gasteiger partial charge is 0.136 e. The summed E-state index contributed by atoms with van der Waals surface area (Å²) in [6, 6.07) is 0.686. The van der Waals surface area contributed by atoms with E-state index in [1.165, 1.54) is 77.2 Å². The van der Waals surface area contributed by atoms with Crippen molar-refractivity contribution in [2.24, 2.45) is 51.2 Å². The highest BCUT2D eigenvalue weighted by molar-refractivity contribution is 5.86. The average Bonchev–Trinajstić information content (AvgIpc) is 3.64. The molecule has 0 aromatic rings. The van der Waals surface area contributed by atoms with E-state index < -0.39 is 0 Å². The van der Waals surface area contributed by atoms with Gasteiger partial charge in [-0.05, 0) is 105 Å². The van der Waals surface area contributed by atoms with Crippen LogP contribution in [0.4, 0.5) is 0 Å². The maximum absolute atomic E-state index is 12.6. The second kappa shape index (κ2) is 5.93. The first-order valence-electron chi connectivity index (χ1n) is 14.6. The van der Waals surface area contributed by atoms with Gasteiger partial charge >= 0.3 is 0 Å². The van der Waals surface area contributed by atoms with Crippen LogP contribution in [-0.2, 0) is 9.53 Å². The lowest BCUT2D eigenvalue weighted by molar-refractivity contribution is -0.215. The first-order valence-corrected chi connectivity index (χ1v) is 14.6. The van der Waals surface area contributed by atoms with Crippen LogP contribution in [0, 0.1) is 51.2 Å². The van der Waals surface area contributed by atoms with Crippen molar-refractivity contribution in [3.8, 4) is 0 Å². The molecule has 8 rings (SSSR count). The molecule has 2 heterocycles. The van der Waals surface area contributed by atoms with Crippen LogP contribution in [0.2, 0.25) is 0 Å². The van der Waals surface area contributed by atoms with Crippen molar-refractivity contribution in [1.29, 1.82) is 0 Å². The third-order valence-electron chi connectivity index (χ3n) is 14.4. The third-order valence-corrected chi connectivity index (χ3v) is 14.4. The van der Waals surface area contributed by atoms with Crippen LogP contribution in [0.5, 0.6) is 0 Å². The minimum absolute atomic E-state index is 0.213. The molecule has 6 saturated carbocycles. The second-order valence-electron chi connectivity index (χ2n) is 15.1. The first-order chi connectivity index (χ1) is 15.7. The summed E-state index contributed by atoms with van der Waals surface area (Å²) < 4.78 is 7.29. The first kappa shape index (κ1) is 20.7. The van der Waals surface area contributed by atoms with Crippen molar-refractivity contribution < 1.29 is 9.53 Å². The van der Waals surface area contributed by atoms with Gasteiger partial charge in [-0.2, -0.15) is 0 Å². The number of nitrogens with zero attached hydrogens (tertiary/aromatic N) is 1. The summed E-state index contributed by atoms with van der Waals surface area (Å²) in [7, 11) is 2.38. The molecule has 0 aromatic carbocycles. The summed E-state index contributed by atoms with van der Waals surface area (Å²) in [6.07, 6.45) is 16.3. The molecule has 0 radical (unpaired) electrons. The Labute approximate surface area is 200 Å². The van der Waals surface area contributed by atoms with Crippen LogP contribution >= 0.6 is 0 Å². The molecule has 3 heteroatoms. The second-order valence-corrected chi connectivity index (χ2v) is 15.1. The number of Topliss-reactive ketones (excluding diaryl/α,β-unsaturated/α-hetero) is 1. The van der Waals surface area contributed by atoms with E-state index in [0.29, 0.717) is 45.5 Å². The maximum Gasteiger partial charge on any atom is 0.136 e. The van der Waals surface area contributed by atoms with Crippen molar-refractivity contribution in [1.82, 2.24) is 4.90 Å². The van der Waals surface area contributed by atoms with Crippen molar-refractivity contribution >= 4 is 5.78 Å². The van der Waals surface area contributed by atoms with E-state index in [4.69, 9.17) is 4.74 Å². The Morgan fingerprint density at radius 1 is 1.12 bits per heavy atom. The fourth-order valence-electron chi connectivity index (χ4n) is 12.7. The Morgan fingerprint density at radius 2 is 1.97 bits per heavy atom. The lowest BCUT2D eigenvalue weighted by Crippen LogP contribution is -2.64. The highest BCUT2D eigenvalue weighted by Crippen LogP contribution is 2.90. The molecular weight excluding hydrogens is 406 g/mol. The molecule has 6 aliphatic carbocycles. The van der Waals surface area contributed by atoms with Gasteiger partial charge in [-0.1, -0.05) is 27.2 Å². The predicted molar refractivity (Wildman–Crippen MR) is 129 cm³/mol. The number of hydrogen-bond acceptors (Lipinski definition) is 3. The van der Waals surface area contributed by atoms with Gasteiger partial charge in [-0.15, -0.1) is 0 Å². The van der Waals surface area contributed by atoms with Crippen molar-refractivity contribution in [3.05, 3.63) is 0 Å². The third kappa shape index (κ3) is 2.07. The molecule has 8 aliphatic rings. The fourth-order valence-corrected chi connectivity index (χ4v) is 12.7. The normalized spacial score (nSPS) is 65.0. The number of carbonyl (C=O) groups excluding carboxylic acids is 1. The predicted octanol–water partition coefficient (Wildman–Crippen LogP) is 5.86. The van der Waals surface area contributed by atoms with Crippen LogP contribution in [0.15, 0.2) is 0 Å². The summed E-state index contributed by atoms with van der Waals surface area (Å²) in [5.41, 5.74) is 2.08. The summed E-state index contributed by atoms with van der Waals surface area (Å²) in [5.74, 6) is 4.31. The van der Waals surface area contributed by atoms with Crippen molar-refractivity contribution in [2.45, 2.75) is 116 Å². The van der Waals surface area contributed by atoms with E-state index in [1.807, 2.05) is 0 Å². The number of ether oxygens (including phenoxy) is 1. The molecule has 182 valence electrons. The highest BCUT2D eigenvalue weighted by Gasteiger charge is 2.89. The zero-order valence-corrected chi connectivity index (χ0v) is 21.5. The Hall–Kier alpha value is -0.410. The zero-order chi connectivity index (χ0) is 22.6. The molecule has 0 aromatic heterocycles. The van der Waals surface area contributed by atoms with Gasteiger partial charge in [0.1, 0.15) is 5.78 Å². The molecule has 0 bridgehead atoms. The number of likely N-dealkylation sites (tertiary alicyclic amines) is 1. The van der Waals surface area contributed by atoms with Crippen LogP contribution in [0.3, 0.4) is 0 Å². The molecule has 0 N–H and O–H groups in total. The molecule has 2 aliphatic heterocycles. The highest BCUT2D eigenvalue weighted by atomic mass is 16.5. The molecule has 3 nitrogen and oxygen atoms in total. The number of hydrogen-bond donors (Lipinski definition) is 0. The Bertz CT molecular complexity index is 932. The number of piperidine rings is 1. The van der Waals surface area contributed by atoms with Crippen LogP contribution in [-0.4, -0.2) is 42.0 Å². The lowest BCUT2D eigenvalue weighted by atomic mass is 9.45. The minimum Gasteiger partial charge on any atom is -0.369 e. The minimum atomic E-state index is 0.213. The monoisotopic (exact) mass is 451 g/mol. The SMILES string of the molecule is C[C@H]1C[C@H]2O[C@@]34CC[C@@H](C)C5(C[C@H]6CCCC78CC7C(=O)CC[C@]68C)CC53C[C@@H]4[C@@H]2N(C)C1. The molecule has 33 heavy (non-hydrogen) atoms. The Morgan fingerprint density at radius 3 is 2.82 bits per heavy atom. The number of ketones is 1. The molecule has 12 atom stereocenters. The van der Waals surface area contributed by atoms with Crippen LogP contribution in [0.25, 0.3) is 0 Å². The van der Waals surface area contributed by atoms with E-state index in [0.717, 1.165) is 30.1 Å². The standard InChI is InChI=1S/C30H45NO2/c1-18-12-24-25(31(4)16-18)22-15-29-17-28(29,19(2)7-11-30(22,29)33-24)13-20-6-5-9-27-14-21(27)23(32)8-10-26(20,27)3/h18-22,24-25H,5-17H2,1-4H3/t18-,19+,20+,21?,22+,24+,25-,26+,27?,28?,29?,30+/m0/s1. The number of fused-ring (bicyclic) bond motifs is 2. The van der Waals surface area contributed by atoms with Gasteiger partial charge in [-0.25, -0.2) is 0 Å². The van der Waals surface area contributed by atoms with E-state index in [-0.39, 0.29) is 5.60 Å². The van der Waals surface area contributed by atoms with Gasteiger partial charge in [0.05, 0.1) is 11.7 Å². The van der Waals surface area contributed by atoms with Crippen LogP contribution in [0.1, 0.15) is 97.8 Å². The van der Waals surface area contributed by atoms with Gasteiger partial charge in [0.15, 0.2) is 0 Å². The molecular formula is C30H45NO2. The summed E-state index contributed by atoms with van der Waals surface area (Å²) >= 11 is 0. The van der Waals surface area contributed by atoms with Crippen LogP contribution < -0.4 is 0 Å². The topological polar surface area (TPSA) is 29.5 Å². The fraction of sp³-hybridized carbons (Fsp3) is 0.967. The quantitative estimate of drug-likeness (QED) is 0.527. The Kier molecular flexibility index (Phi) is 3.73. The van der Waals surface area contributed by atoms with E-state index in [1.54, 1.807) is 0 Å². The van der Waals surface area contributed by atoms with E-state index in [9.17, 15) is 4.79 Å². The van der Waals surface area contributed by atoms with E-state index >= 15 is 0 Å². The molecule has 2 saturated heterocycles.